The third-order valence-electron chi connectivity index (χ3n) is 5.02. The second-order valence-corrected chi connectivity index (χ2v) is 7.65. The molecule has 0 saturated heterocycles. The summed E-state index contributed by atoms with van der Waals surface area (Å²) in [6.45, 7) is 4.69. The number of carbonyl (C=O) groups is 2. The highest BCUT2D eigenvalue weighted by Crippen LogP contribution is 2.10. The molecular weight excluding hydrogens is 388 g/mol. The molecule has 0 atom stereocenters. The van der Waals surface area contributed by atoms with E-state index in [4.69, 9.17) is 9.47 Å². The van der Waals surface area contributed by atoms with Crippen LogP contribution in [0.2, 0.25) is 0 Å². The topological polar surface area (TPSA) is 52.6 Å². The van der Waals surface area contributed by atoms with Crippen molar-refractivity contribution in [3.63, 3.8) is 0 Å². The molecule has 2 aromatic carbocycles. The van der Waals surface area contributed by atoms with Crippen LogP contribution >= 0.6 is 0 Å². The Morgan fingerprint density at radius 1 is 0.742 bits per heavy atom. The molecule has 0 unspecified atom stereocenters. The van der Waals surface area contributed by atoms with E-state index < -0.39 is 0 Å². The molecule has 0 fully saturated rings. The van der Waals surface area contributed by atoms with Crippen molar-refractivity contribution < 1.29 is 19.1 Å². The Hall–Kier alpha value is -2.88. The third kappa shape index (κ3) is 9.65. The van der Waals surface area contributed by atoms with E-state index in [1.807, 2.05) is 55.5 Å². The standard InChI is InChI=1S/C27H34O4/c1-3-30-26(28)25-19-15-23(16-20-25)12-10-8-6-4-5-7-9-11-21-31-27(29)24-17-13-22(2)14-18-24/h8,10,13-20H,3-7,9,11-12,21H2,1-2H3/b10-8+. The molecule has 0 N–H and O–H groups in total. The average Bonchev–Trinajstić information content (AvgIpc) is 2.78. The van der Waals surface area contributed by atoms with Gasteiger partial charge in [0.2, 0.25) is 0 Å². The Labute approximate surface area is 186 Å². The summed E-state index contributed by atoms with van der Waals surface area (Å²) in [6.07, 6.45) is 11.9. The van der Waals surface area contributed by atoms with E-state index in [0.717, 1.165) is 37.7 Å². The van der Waals surface area contributed by atoms with Crippen molar-refractivity contribution in [1.29, 1.82) is 0 Å². The molecule has 0 heterocycles. The molecule has 0 saturated carbocycles. The van der Waals surface area contributed by atoms with Crippen LogP contribution in [0.5, 0.6) is 0 Å². The van der Waals surface area contributed by atoms with E-state index in [9.17, 15) is 9.59 Å². The second-order valence-electron chi connectivity index (χ2n) is 7.65. The van der Waals surface area contributed by atoms with Crippen LogP contribution in [0.1, 0.15) is 77.3 Å². The monoisotopic (exact) mass is 422 g/mol. The summed E-state index contributed by atoms with van der Waals surface area (Å²) in [5.41, 5.74) is 3.53. The van der Waals surface area contributed by atoms with E-state index in [-0.39, 0.29) is 11.9 Å². The molecule has 0 aliphatic carbocycles. The molecule has 2 rings (SSSR count). The van der Waals surface area contributed by atoms with Gasteiger partial charge in [-0.3, -0.25) is 0 Å². The second kappa shape index (κ2) is 14.2. The molecule has 4 heteroatoms. The van der Waals surface area contributed by atoms with Crippen LogP contribution in [0.3, 0.4) is 0 Å². The lowest BCUT2D eigenvalue weighted by atomic mass is 10.1. The quantitative estimate of drug-likeness (QED) is 0.211. The lowest BCUT2D eigenvalue weighted by Gasteiger charge is -2.05. The maximum atomic E-state index is 11.9. The summed E-state index contributed by atoms with van der Waals surface area (Å²) in [5.74, 6) is -0.505. The predicted molar refractivity (Wildman–Crippen MR) is 124 cm³/mol. The Kier molecular flexibility index (Phi) is 11.2. The van der Waals surface area contributed by atoms with E-state index in [1.165, 1.54) is 18.4 Å². The van der Waals surface area contributed by atoms with Crippen molar-refractivity contribution in [3.05, 3.63) is 82.9 Å². The minimum Gasteiger partial charge on any atom is -0.462 e. The van der Waals surface area contributed by atoms with Gasteiger partial charge in [-0.25, -0.2) is 9.59 Å². The number of unbranched alkanes of at least 4 members (excludes halogenated alkanes) is 5. The summed E-state index contributed by atoms with van der Waals surface area (Å²) in [4.78, 5) is 23.6. The first-order valence-electron chi connectivity index (χ1n) is 11.2. The first kappa shape index (κ1) is 24.4. The van der Waals surface area contributed by atoms with Crippen LogP contribution in [-0.4, -0.2) is 25.2 Å². The molecule has 0 bridgehead atoms. The van der Waals surface area contributed by atoms with E-state index in [0.29, 0.717) is 24.3 Å². The number of hydrogen-bond donors (Lipinski definition) is 0. The number of esters is 2. The molecule has 31 heavy (non-hydrogen) atoms. The number of benzene rings is 2. The van der Waals surface area contributed by atoms with Gasteiger partial charge in [0.25, 0.3) is 0 Å². The number of aryl methyl sites for hydroxylation is 1. The van der Waals surface area contributed by atoms with Crippen LogP contribution in [0.25, 0.3) is 0 Å². The molecular formula is C27H34O4. The van der Waals surface area contributed by atoms with E-state index in [2.05, 4.69) is 12.2 Å². The third-order valence-corrected chi connectivity index (χ3v) is 5.02. The van der Waals surface area contributed by atoms with Crippen molar-refractivity contribution in [1.82, 2.24) is 0 Å². The lowest BCUT2D eigenvalue weighted by Crippen LogP contribution is -2.06. The Morgan fingerprint density at radius 3 is 2.00 bits per heavy atom. The van der Waals surface area contributed by atoms with E-state index in [1.54, 1.807) is 6.92 Å². The molecule has 4 nitrogen and oxygen atoms in total. The summed E-state index contributed by atoms with van der Waals surface area (Å²) < 4.78 is 10.3. The summed E-state index contributed by atoms with van der Waals surface area (Å²) in [7, 11) is 0. The zero-order chi connectivity index (χ0) is 22.3. The van der Waals surface area contributed by atoms with Gasteiger partial charge >= 0.3 is 11.9 Å². The number of allylic oxidation sites excluding steroid dienone is 2. The van der Waals surface area contributed by atoms with E-state index >= 15 is 0 Å². The van der Waals surface area contributed by atoms with Gasteiger partial charge in [0.05, 0.1) is 24.3 Å². The van der Waals surface area contributed by atoms with Crippen LogP contribution in [0.15, 0.2) is 60.7 Å². The van der Waals surface area contributed by atoms with Crippen molar-refractivity contribution in [3.8, 4) is 0 Å². The minimum atomic E-state index is -0.269. The maximum absolute atomic E-state index is 11.9. The van der Waals surface area contributed by atoms with Crippen molar-refractivity contribution >= 4 is 11.9 Å². The highest BCUT2D eigenvalue weighted by Gasteiger charge is 2.06. The first-order valence-corrected chi connectivity index (χ1v) is 11.2. The summed E-state index contributed by atoms with van der Waals surface area (Å²) in [6, 6.07) is 15.1. The van der Waals surface area contributed by atoms with Gasteiger partial charge in [-0.1, -0.05) is 61.2 Å². The molecule has 0 radical (unpaired) electrons. The number of hydrogen-bond acceptors (Lipinski definition) is 4. The first-order chi connectivity index (χ1) is 15.1. The van der Waals surface area contributed by atoms with Gasteiger partial charge in [-0.15, -0.1) is 0 Å². The number of carbonyl (C=O) groups excluding carboxylic acids is 2. The zero-order valence-electron chi connectivity index (χ0n) is 18.8. The van der Waals surface area contributed by atoms with Crippen LogP contribution in [0.4, 0.5) is 0 Å². The largest absolute Gasteiger partial charge is 0.462 e. The lowest BCUT2D eigenvalue weighted by molar-refractivity contribution is 0.0495. The predicted octanol–water partition coefficient (Wildman–Crippen LogP) is 6.47. The highest BCUT2D eigenvalue weighted by molar-refractivity contribution is 5.89. The molecule has 2 aromatic rings. The fourth-order valence-electron chi connectivity index (χ4n) is 3.16. The number of rotatable bonds is 13. The molecule has 0 aliphatic heterocycles. The minimum absolute atomic E-state index is 0.235. The fourth-order valence-corrected chi connectivity index (χ4v) is 3.16. The van der Waals surface area contributed by atoms with Gasteiger partial charge in [0.15, 0.2) is 0 Å². The SMILES string of the molecule is CCOC(=O)c1ccc(C/C=C/CCCCCCCOC(=O)c2ccc(C)cc2)cc1. The average molecular weight is 423 g/mol. The molecule has 0 spiro atoms. The Morgan fingerprint density at radius 2 is 1.32 bits per heavy atom. The number of ether oxygens (including phenoxy) is 2. The van der Waals surface area contributed by atoms with Crippen molar-refractivity contribution in [2.24, 2.45) is 0 Å². The maximum Gasteiger partial charge on any atom is 0.338 e. The van der Waals surface area contributed by atoms with Gasteiger partial charge in [-0.05, 0) is 69.4 Å². The van der Waals surface area contributed by atoms with Gasteiger partial charge in [0.1, 0.15) is 0 Å². The fraction of sp³-hybridized carbons (Fsp3) is 0.407. The molecule has 0 aromatic heterocycles. The molecule has 0 aliphatic rings. The summed E-state index contributed by atoms with van der Waals surface area (Å²) >= 11 is 0. The summed E-state index contributed by atoms with van der Waals surface area (Å²) in [5, 5.41) is 0. The van der Waals surface area contributed by atoms with Crippen LogP contribution in [-0.2, 0) is 15.9 Å². The van der Waals surface area contributed by atoms with Crippen molar-refractivity contribution in [2.45, 2.75) is 58.8 Å². The van der Waals surface area contributed by atoms with Crippen molar-refractivity contribution in [2.75, 3.05) is 13.2 Å². The van der Waals surface area contributed by atoms with Gasteiger partial charge in [-0.2, -0.15) is 0 Å². The zero-order valence-corrected chi connectivity index (χ0v) is 18.8. The molecule has 0 amide bonds. The smallest absolute Gasteiger partial charge is 0.338 e. The van der Waals surface area contributed by atoms with Crippen LogP contribution < -0.4 is 0 Å². The van der Waals surface area contributed by atoms with Gasteiger partial charge < -0.3 is 9.47 Å². The normalized spacial score (nSPS) is 10.9. The van der Waals surface area contributed by atoms with Crippen LogP contribution in [0, 0.1) is 6.92 Å². The Balaban J connectivity index is 1.48. The Bertz CT molecular complexity index is 819. The molecule has 166 valence electrons. The highest BCUT2D eigenvalue weighted by atomic mass is 16.5. The van der Waals surface area contributed by atoms with Gasteiger partial charge in [0, 0.05) is 0 Å².